The number of nitrogens with zero attached hydrogens (tertiary/aromatic N) is 2. The molecule has 0 saturated heterocycles. The molecule has 2 aromatic carbocycles. The van der Waals surface area contributed by atoms with Crippen molar-refractivity contribution in [2.24, 2.45) is 0 Å². The highest BCUT2D eigenvalue weighted by Crippen LogP contribution is 2.14. The van der Waals surface area contributed by atoms with Crippen LogP contribution >= 0.6 is 0 Å². The van der Waals surface area contributed by atoms with Crippen LogP contribution < -0.4 is 4.72 Å². The van der Waals surface area contributed by atoms with Crippen LogP contribution in [0.4, 0.5) is 0 Å². The first-order valence-corrected chi connectivity index (χ1v) is 10.0. The minimum atomic E-state index is -3.50. The van der Waals surface area contributed by atoms with Crippen LogP contribution in [0.3, 0.4) is 0 Å². The lowest BCUT2D eigenvalue weighted by atomic mass is 10.2. The van der Waals surface area contributed by atoms with Crippen molar-refractivity contribution in [2.45, 2.75) is 24.7 Å². The maximum absolute atomic E-state index is 12.3. The number of aromatic nitrogens is 2. The van der Waals surface area contributed by atoms with E-state index >= 15 is 0 Å². The first-order valence-electron chi connectivity index (χ1n) is 8.53. The van der Waals surface area contributed by atoms with Gasteiger partial charge < -0.3 is 0 Å². The standard InChI is InChI=1S/C20H21N3O2S/c1-2-16-8-10-19(11-9-16)26(24,25)23-13-12-17-14-21-20(22-15-17)18-6-4-3-5-7-18/h3-11,14-15,23H,2,12-13H2,1H3. The summed E-state index contributed by atoms with van der Waals surface area (Å²) in [6.45, 7) is 2.33. The molecule has 6 heteroatoms. The zero-order chi connectivity index (χ0) is 18.4. The summed E-state index contributed by atoms with van der Waals surface area (Å²) in [5.74, 6) is 0.658. The Labute approximate surface area is 154 Å². The molecule has 26 heavy (non-hydrogen) atoms. The number of sulfonamides is 1. The third-order valence-corrected chi connectivity index (χ3v) is 5.56. The van der Waals surface area contributed by atoms with E-state index in [0.29, 0.717) is 18.8 Å². The van der Waals surface area contributed by atoms with E-state index in [1.165, 1.54) is 0 Å². The Balaban J connectivity index is 1.58. The summed E-state index contributed by atoms with van der Waals surface area (Å²) >= 11 is 0. The highest BCUT2D eigenvalue weighted by molar-refractivity contribution is 7.89. The van der Waals surface area contributed by atoms with Crippen molar-refractivity contribution in [1.29, 1.82) is 0 Å². The van der Waals surface area contributed by atoms with Gasteiger partial charge in [0.1, 0.15) is 0 Å². The summed E-state index contributed by atoms with van der Waals surface area (Å²) in [5, 5.41) is 0. The highest BCUT2D eigenvalue weighted by Gasteiger charge is 2.13. The molecule has 0 unspecified atom stereocenters. The van der Waals surface area contributed by atoms with Crippen LogP contribution in [0.1, 0.15) is 18.1 Å². The van der Waals surface area contributed by atoms with Gasteiger partial charge in [0, 0.05) is 24.5 Å². The molecule has 3 aromatic rings. The molecule has 0 radical (unpaired) electrons. The molecule has 0 saturated carbocycles. The van der Waals surface area contributed by atoms with Gasteiger partial charge in [-0.1, -0.05) is 49.4 Å². The fraction of sp³-hybridized carbons (Fsp3) is 0.200. The SMILES string of the molecule is CCc1ccc(S(=O)(=O)NCCc2cnc(-c3ccccc3)nc2)cc1. The average Bonchev–Trinajstić information content (AvgIpc) is 2.69. The summed E-state index contributed by atoms with van der Waals surface area (Å²) in [7, 11) is -3.50. The summed E-state index contributed by atoms with van der Waals surface area (Å²) in [6, 6.07) is 16.7. The Morgan fingerprint density at radius 3 is 2.15 bits per heavy atom. The second kappa shape index (κ2) is 8.21. The molecule has 134 valence electrons. The van der Waals surface area contributed by atoms with Crippen molar-refractivity contribution in [1.82, 2.24) is 14.7 Å². The molecule has 0 spiro atoms. The normalized spacial score (nSPS) is 11.4. The van der Waals surface area contributed by atoms with Gasteiger partial charge in [-0.05, 0) is 36.1 Å². The Hall–Kier alpha value is -2.57. The van der Waals surface area contributed by atoms with Crippen molar-refractivity contribution in [2.75, 3.05) is 6.54 Å². The molecular formula is C20H21N3O2S. The largest absolute Gasteiger partial charge is 0.240 e. The van der Waals surface area contributed by atoms with Gasteiger partial charge in [-0.15, -0.1) is 0 Å². The van der Waals surface area contributed by atoms with Crippen LogP contribution in [-0.4, -0.2) is 24.9 Å². The molecule has 0 fully saturated rings. The molecule has 0 aliphatic rings. The topological polar surface area (TPSA) is 72.0 Å². The van der Waals surface area contributed by atoms with Crippen LogP contribution in [-0.2, 0) is 22.9 Å². The van der Waals surface area contributed by atoms with Crippen molar-refractivity contribution >= 4 is 10.0 Å². The molecule has 3 rings (SSSR count). The van der Waals surface area contributed by atoms with E-state index in [4.69, 9.17) is 0 Å². The first kappa shape index (κ1) is 18.2. The fourth-order valence-electron chi connectivity index (χ4n) is 2.54. The number of nitrogens with one attached hydrogen (secondary N) is 1. The molecule has 1 N–H and O–H groups in total. The van der Waals surface area contributed by atoms with Gasteiger partial charge in [0.05, 0.1) is 4.90 Å². The second-order valence-corrected chi connectivity index (χ2v) is 7.69. The zero-order valence-electron chi connectivity index (χ0n) is 14.6. The van der Waals surface area contributed by atoms with Gasteiger partial charge in [-0.3, -0.25) is 0 Å². The van der Waals surface area contributed by atoms with Crippen LogP contribution in [0.25, 0.3) is 11.4 Å². The second-order valence-electron chi connectivity index (χ2n) is 5.93. The lowest BCUT2D eigenvalue weighted by Gasteiger charge is -2.08. The molecule has 1 heterocycles. The summed E-state index contributed by atoms with van der Waals surface area (Å²) in [5.41, 5.74) is 2.95. The minimum absolute atomic E-state index is 0.283. The Morgan fingerprint density at radius 2 is 1.54 bits per heavy atom. The van der Waals surface area contributed by atoms with E-state index in [1.54, 1.807) is 24.5 Å². The van der Waals surface area contributed by atoms with Crippen molar-refractivity contribution in [3.8, 4) is 11.4 Å². The first-order chi connectivity index (χ1) is 12.6. The van der Waals surface area contributed by atoms with E-state index in [1.807, 2.05) is 49.4 Å². The fourth-order valence-corrected chi connectivity index (χ4v) is 3.57. The lowest BCUT2D eigenvalue weighted by Crippen LogP contribution is -2.26. The van der Waals surface area contributed by atoms with E-state index in [-0.39, 0.29) is 4.90 Å². The monoisotopic (exact) mass is 367 g/mol. The molecule has 0 bridgehead atoms. The maximum atomic E-state index is 12.3. The maximum Gasteiger partial charge on any atom is 0.240 e. The summed E-state index contributed by atoms with van der Waals surface area (Å²) in [4.78, 5) is 8.99. The molecular weight excluding hydrogens is 346 g/mol. The molecule has 0 aliphatic carbocycles. The van der Waals surface area contributed by atoms with Gasteiger partial charge in [0.15, 0.2) is 5.82 Å². The molecule has 5 nitrogen and oxygen atoms in total. The molecule has 1 aromatic heterocycles. The van der Waals surface area contributed by atoms with Crippen LogP contribution in [0, 0.1) is 0 Å². The van der Waals surface area contributed by atoms with Gasteiger partial charge >= 0.3 is 0 Å². The van der Waals surface area contributed by atoms with Gasteiger partial charge in [-0.2, -0.15) is 0 Å². The van der Waals surface area contributed by atoms with E-state index < -0.39 is 10.0 Å². The van der Waals surface area contributed by atoms with Gasteiger partial charge in [0.2, 0.25) is 10.0 Å². The summed E-state index contributed by atoms with van der Waals surface area (Å²) < 4.78 is 27.3. The number of hydrogen-bond donors (Lipinski definition) is 1. The third kappa shape index (κ3) is 4.53. The predicted molar refractivity (Wildman–Crippen MR) is 102 cm³/mol. The molecule has 0 amide bonds. The Morgan fingerprint density at radius 1 is 0.885 bits per heavy atom. The smallest absolute Gasteiger partial charge is 0.236 e. The summed E-state index contributed by atoms with van der Waals surface area (Å²) in [6.07, 6.45) is 4.88. The number of hydrogen-bond acceptors (Lipinski definition) is 4. The zero-order valence-corrected chi connectivity index (χ0v) is 15.4. The Bertz CT molecular complexity index is 939. The van der Waals surface area contributed by atoms with Crippen LogP contribution in [0.2, 0.25) is 0 Å². The third-order valence-electron chi connectivity index (χ3n) is 4.08. The average molecular weight is 367 g/mol. The Kier molecular flexibility index (Phi) is 5.75. The minimum Gasteiger partial charge on any atom is -0.236 e. The predicted octanol–water partition coefficient (Wildman–Crippen LogP) is 3.23. The van der Waals surface area contributed by atoms with Crippen molar-refractivity contribution in [3.63, 3.8) is 0 Å². The molecule has 0 aliphatic heterocycles. The molecule has 0 atom stereocenters. The van der Waals surface area contributed by atoms with E-state index in [9.17, 15) is 8.42 Å². The number of aryl methyl sites for hydroxylation is 1. The van der Waals surface area contributed by atoms with Crippen LogP contribution in [0.5, 0.6) is 0 Å². The van der Waals surface area contributed by atoms with Crippen molar-refractivity contribution in [3.05, 3.63) is 78.1 Å². The lowest BCUT2D eigenvalue weighted by molar-refractivity contribution is 0.581. The number of rotatable bonds is 7. The van der Waals surface area contributed by atoms with Gasteiger partial charge in [-0.25, -0.2) is 23.1 Å². The van der Waals surface area contributed by atoms with Crippen molar-refractivity contribution < 1.29 is 8.42 Å². The quantitative estimate of drug-likeness (QED) is 0.696. The van der Waals surface area contributed by atoms with E-state index in [2.05, 4.69) is 14.7 Å². The highest BCUT2D eigenvalue weighted by atomic mass is 32.2. The number of benzene rings is 2. The van der Waals surface area contributed by atoms with Crippen LogP contribution in [0.15, 0.2) is 71.9 Å². The van der Waals surface area contributed by atoms with E-state index in [0.717, 1.165) is 23.1 Å². The van der Waals surface area contributed by atoms with Gasteiger partial charge in [0.25, 0.3) is 0 Å².